The highest BCUT2D eigenvalue weighted by molar-refractivity contribution is 7.17. The van der Waals surface area contributed by atoms with Gasteiger partial charge in [0.25, 0.3) is 0 Å². The lowest BCUT2D eigenvalue weighted by Gasteiger charge is -1.93. The second kappa shape index (κ2) is 3.21. The highest BCUT2D eigenvalue weighted by atomic mass is 32.1. The molecular formula is C12H10N2S. The van der Waals surface area contributed by atoms with E-state index in [0.29, 0.717) is 0 Å². The van der Waals surface area contributed by atoms with Crippen molar-refractivity contribution in [1.82, 2.24) is 9.97 Å². The average Bonchev–Trinajstić information content (AvgIpc) is 2.83. The summed E-state index contributed by atoms with van der Waals surface area (Å²) in [4.78, 5) is 7.63. The topological polar surface area (TPSA) is 28.7 Å². The largest absolute Gasteiger partial charge is 0.342 e. The highest BCUT2D eigenvalue weighted by Crippen LogP contribution is 2.31. The normalized spacial score (nSPS) is 11.0. The molecule has 0 aliphatic heterocycles. The smallest absolute Gasteiger partial charge is 0.138 e. The lowest BCUT2D eigenvalue weighted by atomic mass is 10.2. The van der Waals surface area contributed by atoms with Gasteiger partial charge in [0, 0.05) is 32.9 Å². The molecule has 0 saturated carbocycles. The molecule has 3 heteroatoms. The van der Waals surface area contributed by atoms with Crippen LogP contribution in [-0.4, -0.2) is 9.97 Å². The van der Waals surface area contributed by atoms with Gasteiger partial charge in [-0.3, -0.25) is 0 Å². The minimum atomic E-state index is 0.963. The van der Waals surface area contributed by atoms with E-state index in [1.165, 1.54) is 15.6 Å². The Morgan fingerprint density at radius 1 is 1.27 bits per heavy atom. The number of hydrogen-bond donors (Lipinski definition) is 1. The zero-order chi connectivity index (χ0) is 10.3. The number of fused-ring (bicyclic) bond motifs is 1. The van der Waals surface area contributed by atoms with Crippen molar-refractivity contribution in [3.8, 4) is 11.4 Å². The number of benzene rings is 1. The van der Waals surface area contributed by atoms with Crippen molar-refractivity contribution in [3.05, 3.63) is 41.5 Å². The van der Waals surface area contributed by atoms with Crippen LogP contribution < -0.4 is 0 Å². The number of aromatic nitrogens is 2. The molecule has 0 bridgehead atoms. The first-order valence-electron chi connectivity index (χ1n) is 4.83. The first kappa shape index (κ1) is 8.68. The number of nitrogens with zero attached hydrogens (tertiary/aromatic N) is 1. The van der Waals surface area contributed by atoms with Gasteiger partial charge in [-0.2, -0.15) is 0 Å². The van der Waals surface area contributed by atoms with Crippen LogP contribution in [0.2, 0.25) is 0 Å². The van der Waals surface area contributed by atoms with Gasteiger partial charge in [-0.05, 0) is 13.0 Å². The molecule has 0 aliphatic rings. The van der Waals surface area contributed by atoms with E-state index < -0.39 is 0 Å². The predicted molar refractivity (Wildman–Crippen MR) is 64.1 cm³/mol. The summed E-state index contributed by atoms with van der Waals surface area (Å²) in [5, 5.41) is 3.43. The summed E-state index contributed by atoms with van der Waals surface area (Å²) >= 11 is 1.76. The first-order chi connectivity index (χ1) is 7.34. The van der Waals surface area contributed by atoms with Crippen LogP contribution in [-0.2, 0) is 0 Å². The number of aromatic amines is 1. The average molecular weight is 214 g/mol. The molecule has 0 spiro atoms. The van der Waals surface area contributed by atoms with E-state index in [4.69, 9.17) is 0 Å². The van der Waals surface area contributed by atoms with Crippen LogP contribution in [0.15, 0.2) is 35.8 Å². The van der Waals surface area contributed by atoms with Crippen molar-refractivity contribution in [3.63, 3.8) is 0 Å². The van der Waals surface area contributed by atoms with Crippen molar-refractivity contribution in [1.29, 1.82) is 0 Å². The first-order valence-corrected chi connectivity index (χ1v) is 5.71. The fourth-order valence-electron chi connectivity index (χ4n) is 1.71. The molecule has 0 radical (unpaired) electrons. The monoisotopic (exact) mass is 214 g/mol. The second-order valence-electron chi connectivity index (χ2n) is 3.56. The minimum absolute atomic E-state index is 0.963. The van der Waals surface area contributed by atoms with E-state index in [0.717, 1.165) is 11.5 Å². The minimum Gasteiger partial charge on any atom is -0.342 e. The zero-order valence-corrected chi connectivity index (χ0v) is 9.14. The summed E-state index contributed by atoms with van der Waals surface area (Å²) in [5.41, 5.74) is 2.30. The summed E-state index contributed by atoms with van der Waals surface area (Å²) in [7, 11) is 0. The number of thiophene rings is 1. The van der Waals surface area contributed by atoms with Crippen molar-refractivity contribution in [2.45, 2.75) is 6.92 Å². The molecule has 0 fully saturated rings. The van der Waals surface area contributed by atoms with Crippen LogP contribution >= 0.6 is 11.3 Å². The molecule has 0 saturated heterocycles. The van der Waals surface area contributed by atoms with Gasteiger partial charge in [-0.15, -0.1) is 11.3 Å². The summed E-state index contributed by atoms with van der Waals surface area (Å²) < 4.78 is 1.31. The number of imidazole rings is 1. The number of aryl methyl sites for hydroxylation is 1. The van der Waals surface area contributed by atoms with E-state index in [1.807, 2.05) is 13.1 Å². The standard InChI is InChI=1S/C12H10N2S/c1-8-6-13-12(14-8)10-7-15-11-5-3-2-4-9(10)11/h2-7H,1H3,(H,13,14). The van der Waals surface area contributed by atoms with Crippen LogP contribution in [0.3, 0.4) is 0 Å². The van der Waals surface area contributed by atoms with Crippen LogP contribution in [0.5, 0.6) is 0 Å². The van der Waals surface area contributed by atoms with Crippen LogP contribution in [0.1, 0.15) is 5.69 Å². The summed E-state index contributed by atoms with van der Waals surface area (Å²) in [6.45, 7) is 2.02. The fourth-order valence-corrected chi connectivity index (χ4v) is 2.66. The number of rotatable bonds is 1. The Hall–Kier alpha value is -1.61. The van der Waals surface area contributed by atoms with E-state index in [1.54, 1.807) is 11.3 Å². The quantitative estimate of drug-likeness (QED) is 0.658. The Morgan fingerprint density at radius 3 is 2.93 bits per heavy atom. The van der Waals surface area contributed by atoms with E-state index in [-0.39, 0.29) is 0 Å². The third-order valence-corrected chi connectivity index (χ3v) is 3.40. The van der Waals surface area contributed by atoms with Gasteiger partial charge in [-0.1, -0.05) is 18.2 Å². The SMILES string of the molecule is Cc1cnc(-c2csc3ccccc23)[nH]1. The molecule has 2 nitrogen and oxygen atoms in total. The maximum Gasteiger partial charge on any atom is 0.138 e. The van der Waals surface area contributed by atoms with Gasteiger partial charge in [0.1, 0.15) is 5.82 Å². The molecule has 1 aromatic carbocycles. The molecule has 0 unspecified atom stereocenters. The Balaban J connectivity index is 2.27. The van der Waals surface area contributed by atoms with Gasteiger partial charge < -0.3 is 4.98 Å². The Morgan fingerprint density at radius 2 is 2.13 bits per heavy atom. The third-order valence-electron chi connectivity index (χ3n) is 2.44. The van der Waals surface area contributed by atoms with Crippen molar-refractivity contribution >= 4 is 21.4 Å². The van der Waals surface area contributed by atoms with Crippen molar-refractivity contribution in [2.75, 3.05) is 0 Å². The van der Waals surface area contributed by atoms with Gasteiger partial charge in [0.2, 0.25) is 0 Å². The van der Waals surface area contributed by atoms with Crippen LogP contribution in [0.4, 0.5) is 0 Å². The third kappa shape index (κ3) is 1.36. The molecule has 0 amide bonds. The van der Waals surface area contributed by atoms with Gasteiger partial charge in [0.05, 0.1) is 0 Å². The maximum absolute atomic E-state index is 4.36. The number of hydrogen-bond acceptors (Lipinski definition) is 2. The molecule has 15 heavy (non-hydrogen) atoms. The lowest BCUT2D eigenvalue weighted by molar-refractivity contribution is 1.26. The van der Waals surface area contributed by atoms with E-state index in [2.05, 4.69) is 39.6 Å². The molecule has 3 rings (SSSR count). The summed E-state index contributed by atoms with van der Waals surface area (Å²) in [5.74, 6) is 0.963. The predicted octanol–water partition coefficient (Wildman–Crippen LogP) is 3.60. The lowest BCUT2D eigenvalue weighted by Crippen LogP contribution is -1.77. The van der Waals surface area contributed by atoms with E-state index >= 15 is 0 Å². The number of H-pyrrole nitrogens is 1. The van der Waals surface area contributed by atoms with Gasteiger partial charge in [0.15, 0.2) is 0 Å². The Kier molecular flexibility index (Phi) is 1.86. The van der Waals surface area contributed by atoms with Crippen LogP contribution in [0, 0.1) is 6.92 Å². The van der Waals surface area contributed by atoms with Gasteiger partial charge in [-0.25, -0.2) is 4.98 Å². The fraction of sp³-hybridized carbons (Fsp3) is 0.0833. The summed E-state index contributed by atoms with van der Waals surface area (Å²) in [6.07, 6.45) is 1.86. The molecule has 0 atom stereocenters. The molecule has 74 valence electrons. The molecule has 2 heterocycles. The van der Waals surface area contributed by atoms with Crippen LogP contribution in [0.25, 0.3) is 21.5 Å². The second-order valence-corrected chi connectivity index (χ2v) is 4.47. The van der Waals surface area contributed by atoms with E-state index in [9.17, 15) is 0 Å². The zero-order valence-electron chi connectivity index (χ0n) is 8.32. The molecule has 1 N–H and O–H groups in total. The maximum atomic E-state index is 4.36. The molecule has 3 aromatic rings. The molecular weight excluding hydrogens is 204 g/mol. The molecule has 2 aromatic heterocycles. The van der Waals surface area contributed by atoms with Crippen molar-refractivity contribution < 1.29 is 0 Å². The van der Waals surface area contributed by atoms with Crippen molar-refractivity contribution in [2.24, 2.45) is 0 Å². The Bertz CT molecular complexity index is 607. The van der Waals surface area contributed by atoms with Gasteiger partial charge >= 0.3 is 0 Å². The number of nitrogens with one attached hydrogen (secondary N) is 1. The molecule has 0 aliphatic carbocycles. The highest BCUT2D eigenvalue weighted by Gasteiger charge is 2.07. The summed E-state index contributed by atoms with van der Waals surface area (Å²) in [6, 6.07) is 8.41. The Labute approximate surface area is 91.6 Å².